The summed E-state index contributed by atoms with van der Waals surface area (Å²) in [5.74, 6) is -0.132. The summed E-state index contributed by atoms with van der Waals surface area (Å²) in [5.41, 5.74) is 1.22. The molecule has 1 aromatic carbocycles. The maximum Gasteiger partial charge on any atom is 0.243 e. The molecule has 2 aromatic rings. The number of nitrogens with one attached hydrogen (secondary N) is 1. The second-order valence-corrected chi connectivity index (χ2v) is 10.0. The van der Waals surface area contributed by atoms with Crippen LogP contribution in [0.15, 0.2) is 46.0 Å². The second-order valence-electron chi connectivity index (χ2n) is 6.88. The molecular formula is C19H23ClN2O3S2. The Morgan fingerprint density at radius 1 is 1.26 bits per heavy atom. The van der Waals surface area contributed by atoms with E-state index in [0.29, 0.717) is 31.0 Å². The quantitative estimate of drug-likeness (QED) is 0.768. The summed E-state index contributed by atoms with van der Waals surface area (Å²) in [4.78, 5) is 12.7. The molecule has 1 amide bonds. The number of carbonyl (C=O) groups is 1. The SMILES string of the molecule is CC(Cc1ccsc1)NC(=O)C1CCN(S(=O)(=O)c2ccc(Cl)cc2)CC1. The van der Waals surface area contributed by atoms with Crippen molar-refractivity contribution in [2.75, 3.05) is 13.1 Å². The number of benzene rings is 1. The molecule has 0 saturated carbocycles. The van der Waals surface area contributed by atoms with E-state index in [1.54, 1.807) is 23.5 Å². The first-order chi connectivity index (χ1) is 12.9. The highest BCUT2D eigenvalue weighted by molar-refractivity contribution is 7.89. The lowest BCUT2D eigenvalue weighted by Gasteiger charge is -2.31. The minimum Gasteiger partial charge on any atom is -0.353 e. The third kappa shape index (κ3) is 5.10. The molecule has 3 rings (SSSR count). The Hall–Kier alpha value is -1.41. The molecular weight excluding hydrogens is 404 g/mol. The number of piperidine rings is 1. The largest absolute Gasteiger partial charge is 0.353 e. The smallest absolute Gasteiger partial charge is 0.243 e. The molecule has 1 unspecified atom stereocenters. The first-order valence-electron chi connectivity index (χ1n) is 8.93. The van der Waals surface area contributed by atoms with Crippen molar-refractivity contribution in [3.05, 3.63) is 51.7 Å². The van der Waals surface area contributed by atoms with Crippen LogP contribution in [-0.2, 0) is 21.2 Å². The van der Waals surface area contributed by atoms with Crippen LogP contribution >= 0.6 is 22.9 Å². The highest BCUT2D eigenvalue weighted by atomic mass is 35.5. The van der Waals surface area contributed by atoms with E-state index in [9.17, 15) is 13.2 Å². The maximum absolute atomic E-state index is 12.7. The summed E-state index contributed by atoms with van der Waals surface area (Å²) in [5, 5.41) is 7.68. The highest BCUT2D eigenvalue weighted by Crippen LogP contribution is 2.25. The lowest BCUT2D eigenvalue weighted by Crippen LogP contribution is -2.45. The number of nitrogens with zero attached hydrogens (tertiary/aromatic N) is 1. The van der Waals surface area contributed by atoms with Gasteiger partial charge in [0.1, 0.15) is 0 Å². The summed E-state index contributed by atoms with van der Waals surface area (Å²) in [7, 11) is -3.54. The van der Waals surface area contributed by atoms with E-state index in [1.807, 2.05) is 12.3 Å². The van der Waals surface area contributed by atoms with Crippen LogP contribution in [0.1, 0.15) is 25.3 Å². The molecule has 5 nitrogen and oxygen atoms in total. The van der Waals surface area contributed by atoms with Crippen molar-refractivity contribution in [3.63, 3.8) is 0 Å². The molecule has 27 heavy (non-hydrogen) atoms. The summed E-state index contributed by atoms with van der Waals surface area (Å²) in [6, 6.07) is 8.30. The summed E-state index contributed by atoms with van der Waals surface area (Å²) >= 11 is 7.48. The fraction of sp³-hybridized carbons (Fsp3) is 0.421. The Kier molecular flexibility index (Phi) is 6.57. The van der Waals surface area contributed by atoms with Crippen LogP contribution in [0, 0.1) is 5.92 Å². The Morgan fingerprint density at radius 3 is 2.52 bits per heavy atom. The number of amides is 1. The molecule has 1 aliphatic heterocycles. The zero-order valence-corrected chi connectivity index (χ0v) is 17.5. The fourth-order valence-corrected chi connectivity index (χ4v) is 5.57. The molecule has 1 atom stereocenters. The maximum atomic E-state index is 12.7. The van der Waals surface area contributed by atoms with Crippen molar-refractivity contribution < 1.29 is 13.2 Å². The topological polar surface area (TPSA) is 66.5 Å². The van der Waals surface area contributed by atoms with Gasteiger partial charge in [-0.1, -0.05) is 11.6 Å². The average Bonchev–Trinajstić information content (AvgIpc) is 3.15. The third-order valence-corrected chi connectivity index (χ3v) is 7.68. The van der Waals surface area contributed by atoms with Gasteiger partial charge in [-0.3, -0.25) is 4.79 Å². The number of thiophene rings is 1. The van der Waals surface area contributed by atoms with Gasteiger partial charge in [-0.05, 0) is 72.8 Å². The lowest BCUT2D eigenvalue weighted by molar-refractivity contribution is -0.126. The van der Waals surface area contributed by atoms with Gasteiger partial charge in [0.2, 0.25) is 15.9 Å². The van der Waals surface area contributed by atoms with E-state index in [1.165, 1.54) is 22.0 Å². The Morgan fingerprint density at radius 2 is 1.93 bits per heavy atom. The van der Waals surface area contributed by atoms with Crippen LogP contribution in [0.2, 0.25) is 5.02 Å². The molecule has 1 N–H and O–H groups in total. The van der Waals surface area contributed by atoms with Crippen LogP contribution in [-0.4, -0.2) is 37.8 Å². The van der Waals surface area contributed by atoms with Gasteiger partial charge in [0.05, 0.1) is 4.90 Å². The standard InChI is InChI=1S/C19H23ClN2O3S2/c1-14(12-15-8-11-26-13-15)21-19(23)16-6-9-22(10-7-16)27(24,25)18-4-2-17(20)3-5-18/h2-5,8,11,13-14,16H,6-7,9-10,12H2,1H3,(H,21,23). The van der Waals surface area contributed by atoms with E-state index in [2.05, 4.69) is 16.8 Å². The van der Waals surface area contributed by atoms with Crippen LogP contribution < -0.4 is 5.32 Å². The molecule has 0 aliphatic carbocycles. The molecule has 146 valence electrons. The van der Waals surface area contributed by atoms with Gasteiger partial charge in [0.15, 0.2) is 0 Å². The van der Waals surface area contributed by atoms with Crippen molar-refractivity contribution >= 4 is 38.9 Å². The van der Waals surface area contributed by atoms with Gasteiger partial charge in [-0.15, -0.1) is 0 Å². The Labute approximate surface area is 169 Å². The number of halogens is 1. The summed E-state index contributed by atoms with van der Waals surface area (Å²) in [6.07, 6.45) is 1.87. The zero-order valence-electron chi connectivity index (χ0n) is 15.1. The van der Waals surface area contributed by atoms with Gasteiger partial charge in [-0.25, -0.2) is 8.42 Å². The Bertz CT molecular complexity index is 859. The van der Waals surface area contributed by atoms with E-state index >= 15 is 0 Å². The van der Waals surface area contributed by atoms with Crippen LogP contribution in [0.25, 0.3) is 0 Å². The predicted octanol–water partition coefficient (Wildman–Crippen LogP) is 3.55. The predicted molar refractivity (Wildman–Crippen MR) is 109 cm³/mol. The molecule has 0 radical (unpaired) electrons. The molecule has 1 saturated heterocycles. The van der Waals surface area contributed by atoms with Crippen LogP contribution in [0.4, 0.5) is 0 Å². The molecule has 0 spiro atoms. The van der Waals surface area contributed by atoms with Gasteiger partial charge >= 0.3 is 0 Å². The fourth-order valence-electron chi connectivity index (χ4n) is 3.29. The summed E-state index contributed by atoms with van der Waals surface area (Å²) in [6.45, 7) is 2.69. The number of hydrogen-bond donors (Lipinski definition) is 1. The normalized spacial score (nSPS) is 17.6. The molecule has 2 heterocycles. The van der Waals surface area contributed by atoms with Crippen molar-refractivity contribution in [1.82, 2.24) is 9.62 Å². The monoisotopic (exact) mass is 426 g/mol. The van der Waals surface area contributed by atoms with E-state index in [4.69, 9.17) is 11.6 Å². The first-order valence-corrected chi connectivity index (χ1v) is 11.7. The minimum atomic E-state index is -3.54. The van der Waals surface area contributed by atoms with Gasteiger partial charge in [0.25, 0.3) is 0 Å². The zero-order chi connectivity index (χ0) is 19.4. The average molecular weight is 427 g/mol. The second kappa shape index (κ2) is 8.73. The number of rotatable bonds is 6. The molecule has 1 aliphatic rings. The van der Waals surface area contributed by atoms with Crippen LogP contribution in [0.3, 0.4) is 0 Å². The van der Waals surface area contributed by atoms with E-state index in [0.717, 1.165) is 6.42 Å². The minimum absolute atomic E-state index is 0.0151. The van der Waals surface area contributed by atoms with Crippen molar-refractivity contribution in [2.45, 2.75) is 37.1 Å². The lowest BCUT2D eigenvalue weighted by atomic mass is 9.96. The van der Waals surface area contributed by atoms with Gasteiger partial charge < -0.3 is 5.32 Å². The van der Waals surface area contributed by atoms with Crippen molar-refractivity contribution in [3.8, 4) is 0 Å². The molecule has 8 heteroatoms. The highest BCUT2D eigenvalue weighted by Gasteiger charge is 2.32. The van der Waals surface area contributed by atoms with Gasteiger partial charge in [0, 0.05) is 30.1 Å². The van der Waals surface area contributed by atoms with Crippen LogP contribution in [0.5, 0.6) is 0 Å². The van der Waals surface area contributed by atoms with Crippen molar-refractivity contribution in [1.29, 1.82) is 0 Å². The van der Waals surface area contributed by atoms with Gasteiger partial charge in [-0.2, -0.15) is 15.6 Å². The van der Waals surface area contributed by atoms with E-state index < -0.39 is 10.0 Å². The first kappa shape index (κ1) is 20.3. The molecule has 1 fully saturated rings. The Balaban J connectivity index is 1.53. The molecule has 0 bridgehead atoms. The van der Waals surface area contributed by atoms with Crippen molar-refractivity contribution in [2.24, 2.45) is 5.92 Å². The summed E-state index contributed by atoms with van der Waals surface area (Å²) < 4.78 is 26.9. The third-order valence-electron chi connectivity index (χ3n) is 4.79. The number of hydrogen-bond acceptors (Lipinski definition) is 4. The van der Waals surface area contributed by atoms with E-state index in [-0.39, 0.29) is 22.8 Å². The number of sulfonamides is 1. The molecule has 1 aromatic heterocycles. The number of carbonyl (C=O) groups excluding carboxylic acids is 1.